The average Bonchev–Trinajstić information content (AvgIpc) is 2.39. The molecular formula is C13H16F3NO2. The van der Waals surface area contributed by atoms with Crippen LogP contribution in [-0.2, 0) is 6.18 Å². The highest BCUT2D eigenvalue weighted by molar-refractivity contribution is 5.42. The maximum absolute atomic E-state index is 13.0. The van der Waals surface area contributed by atoms with Crippen LogP contribution in [0.15, 0.2) is 18.2 Å². The summed E-state index contributed by atoms with van der Waals surface area (Å²) in [6.07, 6.45) is -3.01. The van der Waals surface area contributed by atoms with Gasteiger partial charge in [-0.05, 0) is 37.6 Å². The van der Waals surface area contributed by atoms with Crippen LogP contribution in [-0.4, -0.2) is 26.3 Å². The van der Waals surface area contributed by atoms with Crippen LogP contribution in [0.4, 0.5) is 13.2 Å². The number of halogens is 3. The van der Waals surface area contributed by atoms with E-state index in [2.05, 4.69) is 5.32 Å². The number of ether oxygens (including phenoxy) is 2. The molecule has 0 amide bonds. The number of hydrogen-bond donors (Lipinski definition) is 1. The summed E-state index contributed by atoms with van der Waals surface area (Å²) in [5.41, 5.74) is -0.794. The van der Waals surface area contributed by atoms with Crippen molar-refractivity contribution >= 4 is 0 Å². The van der Waals surface area contributed by atoms with Gasteiger partial charge in [0.15, 0.2) is 0 Å². The fraction of sp³-hybridized carbons (Fsp3) is 0.538. The molecule has 106 valence electrons. The van der Waals surface area contributed by atoms with Crippen molar-refractivity contribution in [1.82, 2.24) is 5.32 Å². The van der Waals surface area contributed by atoms with Crippen LogP contribution >= 0.6 is 0 Å². The molecule has 1 aliphatic heterocycles. The first-order valence-electron chi connectivity index (χ1n) is 6.13. The molecule has 19 heavy (non-hydrogen) atoms. The molecule has 0 spiro atoms. The van der Waals surface area contributed by atoms with Crippen molar-refractivity contribution in [3.05, 3.63) is 23.8 Å². The van der Waals surface area contributed by atoms with Crippen molar-refractivity contribution in [1.29, 1.82) is 0 Å². The van der Waals surface area contributed by atoms with Crippen molar-refractivity contribution in [2.75, 3.05) is 20.2 Å². The quantitative estimate of drug-likeness (QED) is 0.920. The first-order chi connectivity index (χ1) is 9.00. The Morgan fingerprint density at radius 1 is 1.32 bits per heavy atom. The van der Waals surface area contributed by atoms with Gasteiger partial charge in [-0.3, -0.25) is 0 Å². The molecule has 1 unspecified atom stereocenters. The van der Waals surface area contributed by atoms with Gasteiger partial charge in [0.05, 0.1) is 7.11 Å². The normalized spacial score (nSPS) is 20.1. The molecule has 1 heterocycles. The van der Waals surface area contributed by atoms with E-state index in [4.69, 9.17) is 9.47 Å². The van der Waals surface area contributed by atoms with E-state index in [1.165, 1.54) is 19.2 Å². The molecular weight excluding hydrogens is 259 g/mol. The molecule has 1 aromatic carbocycles. The summed E-state index contributed by atoms with van der Waals surface area (Å²) in [4.78, 5) is 0. The van der Waals surface area contributed by atoms with Gasteiger partial charge in [-0.1, -0.05) is 0 Å². The summed E-state index contributed by atoms with van der Waals surface area (Å²) in [6, 6.07) is 3.75. The first kappa shape index (κ1) is 14.0. The van der Waals surface area contributed by atoms with E-state index in [1.807, 2.05) is 0 Å². The second-order valence-corrected chi connectivity index (χ2v) is 4.45. The zero-order chi connectivity index (χ0) is 13.9. The fourth-order valence-corrected chi connectivity index (χ4v) is 2.06. The van der Waals surface area contributed by atoms with E-state index in [1.54, 1.807) is 0 Å². The van der Waals surface area contributed by atoms with Crippen LogP contribution < -0.4 is 14.8 Å². The van der Waals surface area contributed by atoms with E-state index in [0.717, 1.165) is 25.5 Å². The van der Waals surface area contributed by atoms with Crippen LogP contribution in [0, 0.1) is 0 Å². The third-order valence-corrected chi connectivity index (χ3v) is 3.04. The molecule has 0 bridgehead atoms. The van der Waals surface area contributed by atoms with Gasteiger partial charge < -0.3 is 14.8 Å². The first-order valence-corrected chi connectivity index (χ1v) is 6.13. The Balaban J connectivity index is 2.23. The Hall–Kier alpha value is -1.43. The lowest BCUT2D eigenvalue weighted by Crippen LogP contribution is -2.37. The highest BCUT2D eigenvalue weighted by Gasteiger charge is 2.35. The Bertz CT molecular complexity index is 428. The standard InChI is InChI=1S/C13H16F3NO2/c1-18-9-4-5-12(11(7-9)13(14,15)16)19-10-3-2-6-17-8-10/h4-5,7,10,17H,2-3,6,8H2,1H3. The second-order valence-electron chi connectivity index (χ2n) is 4.45. The zero-order valence-corrected chi connectivity index (χ0v) is 10.6. The average molecular weight is 275 g/mol. The summed E-state index contributed by atoms with van der Waals surface area (Å²) >= 11 is 0. The number of alkyl halides is 3. The molecule has 0 saturated carbocycles. The number of methoxy groups -OCH3 is 1. The molecule has 0 aliphatic carbocycles. The number of nitrogens with one attached hydrogen (secondary N) is 1. The molecule has 0 radical (unpaired) electrons. The summed E-state index contributed by atoms with van der Waals surface area (Å²) in [6.45, 7) is 1.46. The predicted molar refractivity (Wildman–Crippen MR) is 64.5 cm³/mol. The van der Waals surface area contributed by atoms with Crippen LogP contribution in [0.1, 0.15) is 18.4 Å². The Morgan fingerprint density at radius 3 is 2.68 bits per heavy atom. The highest BCUT2D eigenvalue weighted by Crippen LogP contribution is 2.39. The molecule has 1 saturated heterocycles. The molecule has 1 N–H and O–H groups in total. The largest absolute Gasteiger partial charge is 0.497 e. The number of piperidine rings is 1. The van der Waals surface area contributed by atoms with Crippen molar-refractivity contribution in [2.45, 2.75) is 25.1 Å². The third-order valence-electron chi connectivity index (χ3n) is 3.04. The number of rotatable bonds is 3. The molecule has 3 nitrogen and oxygen atoms in total. The lowest BCUT2D eigenvalue weighted by molar-refractivity contribution is -0.139. The number of benzene rings is 1. The molecule has 2 rings (SSSR count). The minimum Gasteiger partial charge on any atom is -0.497 e. The van der Waals surface area contributed by atoms with Gasteiger partial charge in [-0.25, -0.2) is 0 Å². The molecule has 1 aromatic rings. The Labute approximate surface area is 109 Å². The SMILES string of the molecule is COc1ccc(OC2CCCNC2)c(C(F)(F)F)c1. The summed E-state index contributed by atoms with van der Waals surface area (Å²) in [5.74, 6) is 0.0310. The van der Waals surface area contributed by atoms with Gasteiger partial charge in [0, 0.05) is 6.54 Å². The molecule has 1 fully saturated rings. The maximum Gasteiger partial charge on any atom is 0.420 e. The smallest absolute Gasteiger partial charge is 0.420 e. The number of hydrogen-bond acceptors (Lipinski definition) is 3. The summed E-state index contributed by atoms with van der Waals surface area (Å²) in [5, 5.41) is 3.10. The Morgan fingerprint density at radius 2 is 2.11 bits per heavy atom. The van der Waals surface area contributed by atoms with Gasteiger partial charge in [-0.15, -0.1) is 0 Å². The Kier molecular flexibility index (Phi) is 4.19. The van der Waals surface area contributed by atoms with Gasteiger partial charge in [0.1, 0.15) is 23.2 Å². The van der Waals surface area contributed by atoms with Gasteiger partial charge in [0.2, 0.25) is 0 Å². The van der Waals surface area contributed by atoms with Crippen molar-refractivity contribution in [3.63, 3.8) is 0 Å². The third kappa shape index (κ3) is 3.53. The summed E-state index contributed by atoms with van der Waals surface area (Å²) in [7, 11) is 1.33. The summed E-state index contributed by atoms with van der Waals surface area (Å²) < 4.78 is 49.2. The van der Waals surface area contributed by atoms with E-state index in [0.29, 0.717) is 6.54 Å². The highest BCUT2D eigenvalue weighted by atomic mass is 19.4. The van der Waals surface area contributed by atoms with Crippen LogP contribution in [0.5, 0.6) is 11.5 Å². The maximum atomic E-state index is 13.0. The van der Waals surface area contributed by atoms with E-state index < -0.39 is 11.7 Å². The minimum atomic E-state index is -4.45. The van der Waals surface area contributed by atoms with Gasteiger partial charge >= 0.3 is 6.18 Å². The van der Waals surface area contributed by atoms with Gasteiger partial charge in [-0.2, -0.15) is 13.2 Å². The molecule has 0 aromatic heterocycles. The zero-order valence-electron chi connectivity index (χ0n) is 10.6. The lowest BCUT2D eigenvalue weighted by atomic mass is 10.1. The minimum absolute atomic E-state index is 0.137. The van der Waals surface area contributed by atoms with Crippen LogP contribution in [0.2, 0.25) is 0 Å². The van der Waals surface area contributed by atoms with Crippen molar-refractivity contribution in [2.24, 2.45) is 0 Å². The van der Waals surface area contributed by atoms with Crippen LogP contribution in [0.25, 0.3) is 0 Å². The molecule has 6 heteroatoms. The predicted octanol–water partition coefficient (Wildman–Crippen LogP) is 2.84. The van der Waals surface area contributed by atoms with Gasteiger partial charge in [0.25, 0.3) is 0 Å². The van der Waals surface area contributed by atoms with Crippen molar-refractivity contribution in [3.8, 4) is 11.5 Å². The van der Waals surface area contributed by atoms with Crippen molar-refractivity contribution < 1.29 is 22.6 Å². The van der Waals surface area contributed by atoms with Crippen LogP contribution in [0.3, 0.4) is 0 Å². The fourth-order valence-electron chi connectivity index (χ4n) is 2.06. The van der Waals surface area contributed by atoms with E-state index >= 15 is 0 Å². The lowest BCUT2D eigenvalue weighted by Gasteiger charge is -2.25. The van der Waals surface area contributed by atoms with E-state index in [9.17, 15) is 13.2 Å². The topological polar surface area (TPSA) is 30.5 Å². The second kappa shape index (κ2) is 5.69. The monoisotopic (exact) mass is 275 g/mol. The van der Waals surface area contributed by atoms with E-state index in [-0.39, 0.29) is 17.6 Å². The molecule has 1 atom stereocenters. The molecule has 1 aliphatic rings.